The molecule has 0 aliphatic carbocycles. The molecule has 0 aromatic heterocycles. The highest BCUT2D eigenvalue weighted by atomic mass is 16.5. The fourth-order valence-corrected chi connectivity index (χ4v) is 3.60. The van der Waals surface area contributed by atoms with E-state index in [1.165, 1.54) is 0 Å². The number of aryl methyl sites for hydroxylation is 1. The van der Waals surface area contributed by atoms with Gasteiger partial charge in [0.1, 0.15) is 12.4 Å². The third kappa shape index (κ3) is 4.89. The Kier molecular flexibility index (Phi) is 7.49. The van der Waals surface area contributed by atoms with Crippen LogP contribution in [0.4, 0.5) is 0 Å². The summed E-state index contributed by atoms with van der Waals surface area (Å²) in [5, 5.41) is 0. The van der Waals surface area contributed by atoms with Gasteiger partial charge in [0.05, 0.1) is 26.9 Å². The molecule has 6 nitrogen and oxygen atoms in total. The Morgan fingerprint density at radius 2 is 1.90 bits per heavy atom. The molecule has 0 bridgehead atoms. The first-order chi connectivity index (χ1) is 14.2. The highest BCUT2D eigenvalue weighted by Crippen LogP contribution is 2.45. The summed E-state index contributed by atoms with van der Waals surface area (Å²) in [6.45, 7) is 9.08. The Morgan fingerprint density at radius 3 is 2.59 bits per heavy atom. The Morgan fingerprint density at radius 1 is 1.14 bits per heavy atom. The summed E-state index contributed by atoms with van der Waals surface area (Å²) in [6, 6.07) is 9.51. The third-order valence-electron chi connectivity index (χ3n) is 5.00. The second-order valence-electron chi connectivity index (χ2n) is 6.87. The molecule has 0 spiro atoms. The normalized spacial score (nSPS) is 14.4. The highest BCUT2D eigenvalue weighted by Gasteiger charge is 2.22. The Bertz CT molecular complexity index is 830. The molecule has 29 heavy (non-hydrogen) atoms. The molecule has 0 unspecified atom stereocenters. The van der Waals surface area contributed by atoms with Gasteiger partial charge in [-0.25, -0.2) is 0 Å². The summed E-state index contributed by atoms with van der Waals surface area (Å²) in [7, 11) is 1.60. The van der Waals surface area contributed by atoms with Gasteiger partial charge in [0, 0.05) is 36.3 Å². The Balaban J connectivity index is 1.95. The van der Waals surface area contributed by atoms with Gasteiger partial charge in [-0.3, -0.25) is 9.69 Å². The van der Waals surface area contributed by atoms with Crippen LogP contribution in [0.3, 0.4) is 0 Å². The zero-order valence-electron chi connectivity index (χ0n) is 17.4. The fourth-order valence-electron chi connectivity index (χ4n) is 3.60. The first kappa shape index (κ1) is 21.1. The molecule has 1 heterocycles. The van der Waals surface area contributed by atoms with Gasteiger partial charge >= 0.3 is 0 Å². The van der Waals surface area contributed by atoms with Crippen molar-refractivity contribution in [2.45, 2.75) is 13.8 Å². The van der Waals surface area contributed by atoms with Crippen molar-refractivity contribution >= 4 is 6.29 Å². The van der Waals surface area contributed by atoms with Crippen LogP contribution in [0.1, 0.15) is 22.8 Å². The number of carbonyl (C=O) groups excluding carboxylic acids is 1. The van der Waals surface area contributed by atoms with E-state index in [-0.39, 0.29) is 0 Å². The number of para-hydroxylation sites is 1. The quantitative estimate of drug-likeness (QED) is 0.601. The standard InChI is InChI=1S/C23H29NO5/c1-4-28-20-8-6-5-7-19(20)21-18(16-25)15-17(2)22(23(21)26-3)29-14-11-24-9-12-27-13-10-24/h5-8,15-16H,4,9-14H2,1-3H3. The highest BCUT2D eigenvalue weighted by molar-refractivity contribution is 5.94. The van der Waals surface area contributed by atoms with E-state index in [4.69, 9.17) is 18.9 Å². The summed E-state index contributed by atoms with van der Waals surface area (Å²) >= 11 is 0. The third-order valence-corrected chi connectivity index (χ3v) is 5.00. The van der Waals surface area contributed by atoms with Crippen LogP contribution in [0.5, 0.6) is 17.2 Å². The van der Waals surface area contributed by atoms with E-state index in [1.54, 1.807) is 7.11 Å². The molecule has 156 valence electrons. The predicted octanol–water partition coefficient (Wildman–Crippen LogP) is 3.59. The summed E-state index contributed by atoms with van der Waals surface area (Å²) in [4.78, 5) is 14.2. The molecule has 0 radical (unpaired) electrons. The van der Waals surface area contributed by atoms with Crippen molar-refractivity contribution in [3.8, 4) is 28.4 Å². The lowest BCUT2D eigenvalue weighted by Crippen LogP contribution is -2.38. The summed E-state index contributed by atoms with van der Waals surface area (Å²) in [5.41, 5.74) is 2.92. The van der Waals surface area contributed by atoms with Crippen LogP contribution in [0, 0.1) is 6.92 Å². The maximum absolute atomic E-state index is 11.9. The number of benzene rings is 2. The van der Waals surface area contributed by atoms with Crippen molar-refractivity contribution in [1.29, 1.82) is 0 Å². The molecule has 1 saturated heterocycles. The first-order valence-corrected chi connectivity index (χ1v) is 10.0. The van der Waals surface area contributed by atoms with Gasteiger partial charge < -0.3 is 18.9 Å². The van der Waals surface area contributed by atoms with Crippen LogP contribution in [0.2, 0.25) is 0 Å². The number of carbonyl (C=O) groups is 1. The number of ether oxygens (including phenoxy) is 4. The minimum absolute atomic E-state index is 0.532. The average Bonchev–Trinajstić information content (AvgIpc) is 2.75. The van der Waals surface area contributed by atoms with E-state index < -0.39 is 0 Å². The molecular formula is C23H29NO5. The molecule has 1 fully saturated rings. The van der Waals surface area contributed by atoms with Crippen molar-refractivity contribution in [2.24, 2.45) is 0 Å². The van der Waals surface area contributed by atoms with E-state index in [1.807, 2.05) is 44.2 Å². The van der Waals surface area contributed by atoms with Crippen LogP contribution < -0.4 is 14.2 Å². The molecule has 0 N–H and O–H groups in total. The van der Waals surface area contributed by atoms with Crippen LogP contribution in [-0.2, 0) is 4.74 Å². The van der Waals surface area contributed by atoms with Crippen LogP contribution in [0.15, 0.2) is 30.3 Å². The number of nitrogens with zero attached hydrogens (tertiary/aromatic N) is 1. The molecule has 2 aromatic rings. The number of morpholine rings is 1. The topological polar surface area (TPSA) is 57.2 Å². The van der Waals surface area contributed by atoms with Crippen molar-refractivity contribution in [1.82, 2.24) is 4.90 Å². The number of aldehydes is 1. The van der Waals surface area contributed by atoms with E-state index in [0.717, 1.165) is 50.3 Å². The van der Waals surface area contributed by atoms with Gasteiger partial charge in [-0.15, -0.1) is 0 Å². The van der Waals surface area contributed by atoms with E-state index in [0.29, 0.717) is 41.6 Å². The van der Waals surface area contributed by atoms with Crippen LogP contribution in [-0.4, -0.2) is 64.4 Å². The summed E-state index contributed by atoms with van der Waals surface area (Å²) in [5.74, 6) is 1.92. The largest absolute Gasteiger partial charge is 0.493 e. The van der Waals surface area contributed by atoms with Gasteiger partial charge in [-0.05, 0) is 31.5 Å². The minimum Gasteiger partial charge on any atom is -0.493 e. The predicted molar refractivity (Wildman–Crippen MR) is 112 cm³/mol. The molecule has 6 heteroatoms. The van der Waals surface area contributed by atoms with Gasteiger partial charge in [0.25, 0.3) is 0 Å². The maximum Gasteiger partial charge on any atom is 0.169 e. The zero-order chi connectivity index (χ0) is 20.6. The van der Waals surface area contributed by atoms with Crippen LogP contribution in [0.25, 0.3) is 11.1 Å². The number of methoxy groups -OCH3 is 1. The van der Waals surface area contributed by atoms with E-state index in [2.05, 4.69) is 4.90 Å². The molecule has 3 rings (SSSR count). The number of rotatable bonds is 9. The fraction of sp³-hybridized carbons (Fsp3) is 0.435. The second-order valence-corrected chi connectivity index (χ2v) is 6.87. The number of hydrogen-bond donors (Lipinski definition) is 0. The van der Waals surface area contributed by atoms with Crippen molar-refractivity contribution < 1.29 is 23.7 Å². The molecule has 1 aliphatic heterocycles. The lowest BCUT2D eigenvalue weighted by atomic mass is 9.95. The van der Waals surface area contributed by atoms with Gasteiger partial charge in [0.15, 0.2) is 17.8 Å². The molecule has 1 aliphatic rings. The lowest BCUT2D eigenvalue weighted by Gasteiger charge is -2.27. The van der Waals surface area contributed by atoms with Crippen molar-refractivity contribution in [2.75, 3.05) is 53.2 Å². The summed E-state index contributed by atoms with van der Waals surface area (Å²) in [6.07, 6.45) is 0.852. The zero-order valence-corrected chi connectivity index (χ0v) is 17.4. The second kappa shape index (κ2) is 10.3. The van der Waals surface area contributed by atoms with Crippen molar-refractivity contribution in [3.63, 3.8) is 0 Å². The SMILES string of the molecule is CCOc1ccccc1-c1c(C=O)cc(C)c(OCCN2CCOCC2)c1OC. The van der Waals surface area contributed by atoms with Gasteiger partial charge in [-0.1, -0.05) is 18.2 Å². The van der Waals surface area contributed by atoms with Gasteiger partial charge in [0.2, 0.25) is 0 Å². The Labute approximate surface area is 172 Å². The maximum atomic E-state index is 11.9. The molecule has 0 saturated carbocycles. The van der Waals surface area contributed by atoms with E-state index >= 15 is 0 Å². The minimum atomic E-state index is 0.532. The molecule has 0 atom stereocenters. The molecular weight excluding hydrogens is 370 g/mol. The van der Waals surface area contributed by atoms with Crippen molar-refractivity contribution in [3.05, 3.63) is 41.5 Å². The summed E-state index contributed by atoms with van der Waals surface area (Å²) < 4.78 is 23.1. The molecule has 0 amide bonds. The average molecular weight is 399 g/mol. The van der Waals surface area contributed by atoms with Gasteiger partial charge in [-0.2, -0.15) is 0 Å². The Hall–Kier alpha value is -2.57. The van der Waals surface area contributed by atoms with E-state index in [9.17, 15) is 4.79 Å². The molecule has 2 aromatic carbocycles. The lowest BCUT2D eigenvalue weighted by molar-refractivity contribution is 0.0321. The van der Waals surface area contributed by atoms with Crippen LogP contribution >= 0.6 is 0 Å². The smallest absolute Gasteiger partial charge is 0.169 e. The first-order valence-electron chi connectivity index (χ1n) is 10.0. The number of hydrogen-bond acceptors (Lipinski definition) is 6. The monoisotopic (exact) mass is 399 g/mol.